The number of hydrogen-bond donors (Lipinski definition) is 1. The molecule has 2 rings (SSSR count). The lowest BCUT2D eigenvalue weighted by atomic mass is 10.2. The van der Waals surface area contributed by atoms with Crippen molar-refractivity contribution in [3.05, 3.63) is 40.7 Å². The fourth-order valence-corrected chi connectivity index (χ4v) is 1.85. The maximum atomic E-state index is 6.06. The van der Waals surface area contributed by atoms with Gasteiger partial charge in [-0.05, 0) is 31.7 Å². The molecular formula is C13H17ClN4O. The first-order valence-corrected chi connectivity index (χ1v) is 6.49. The standard InChI is InChI=1S/C13H17ClN4O/c1-10-3-4-12(14)13(7-10)19-6-5-18-9-11(8-15-2)16-17-18/h3-4,7,9,15H,5-6,8H2,1-2H3. The molecule has 0 atom stereocenters. The summed E-state index contributed by atoms with van der Waals surface area (Å²) >= 11 is 6.06. The minimum absolute atomic E-state index is 0.505. The van der Waals surface area contributed by atoms with Crippen molar-refractivity contribution in [2.75, 3.05) is 13.7 Å². The van der Waals surface area contributed by atoms with Crippen molar-refractivity contribution in [2.45, 2.75) is 20.0 Å². The maximum Gasteiger partial charge on any atom is 0.138 e. The van der Waals surface area contributed by atoms with E-state index in [9.17, 15) is 0 Å². The highest BCUT2D eigenvalue weighted by Crippen LogP contribution is 2.25. The van der Waals surface area contributed by atoms with Crippen LogP contribution < -0.4 is 10.1 Å². The molecule has 5 nitrogen and oxygen atoms in total. The summed E-state index contributed by atoms with van der Waals surface area (Å²) in [6.07, 6.45) is 1.90. The van der Waals surface area contributed by atoms with Gasteiger partial charge in [0.25, 0.3) is 0 Å². The Balaban J connectivity index is 1.87. The second kappa shape index (κ2) is 6.54. The highest BCUT2D eigenvalue weighted by atomic mass is 35.5. The fourth-order valence-electron chi connectivity index (χ4n) is 1.68. The Morgan fingerprint density at radius 2 is 2.26 bits per heavy atom. The van der Waals surface area contributed by atoms with Crippen LogP contribution in [0.25, 0.3) is 0 Å². The van der Waals surface area contributed by atoms with E-state index in [-0.39, 0.29) is 0 Å². The molecule has 0 aliphatic carbocycles. The van der Waals surface area contributed by atoms with Gasteiger partial charge in [0.1, 0.15) is 12.4 Å². The predicted molar refractivity (Wildman–Crippen MR) is 74.5 cm³/mol. The summed E-state index contributed by atoms with van der Waals surface area (Å²) in [6, 6.07) is 5.72. The predicted octanol–water partition coefficient (Wildman–Crippen LogP) is 2.04. The minimum Gasteiger partial charge on any atom is -0.490 e. The Kier molecular flexibility index (Phi) is 4.76. The van der Waals surface area contributed by atoms with Crippen LogP contribution in [-0.2, 0) is 13.1 Å². The van der Waals surface area contributed by atoms with E-state index in [0.29, 0.717) is 30.5 Å². The summed E-state index contributed by atoms with van der Waals surface area (Å²) in [5.74, 6) is 0.706. The van der Waals surface area contributed by atoms with Crippen LogP contribution in [0.4, 0.5) is 0 Å². The Bertz CT molecular complexity index is 541. The van der Waals surface area contributed by atoms with Gasteiger partial charge < -0.3 is 10.1 Å². The van der Waals surface area contributed by atoms with E-state index in [1.807, 2.05) is 38.4 Å². The van der Waals surface area contributed by atoms with Crippen LogP contribution in [0, 0.1) is 6.92 Å². The SMILES string of the molecule is CNCc1cn(CCOc2cc(C)ccc2Cl)nn1. The average Bonchev–Trinajstić information content (AvgIpc) is 2.82. The quantitative estimate of drug-likeness (QED) is 0.880. The van der Waals surface area contributed by atoms with E-state index in [4.69, 9.17) is 16.3 Å². The molecule has 0 aliphatic rings. The Hall–Kier alpha value is -1.59. The zero-order chi connectivity index (χ0) is 13.7. The van der Waals surface area contributed by atoms with Crippen molar-refractivity contribution >= 4 is 11.6 Å². The highest BCUT2D eigenvalue weighted by Gasteiger charge is 2.03. The first kappa shape index (κ1) is 13.8. The lowest BCUT2D eigenvalue weighted by Crippen LogP contribution is -2.09. The van der Waals surface area contributed by atoms with E-state index >= 15 is 0 Å². The van der Waals surface area contributed by atoms with Crippen molar-refractivity contribution in [3.8, 4) is 5.75 Å². The number of halogens is 1. The second-order valence-corrected chi connectivity index (χ2v) is 4.69. The van der Waals surface area contributed by atoms with Gasteiger partial charge in [0.05, 0.1) is 17.3 Å². The molecule has 2 aromatic rings. The van der Waals surface area contributed by atoms with Gasteiger partial charge in [0.15, 0.2) is 0 Å². The molecule has 0 saturated heterocycles. The summed E-state index contributed by atoms with van der Waals surface area (Å²) in [6.45, 7) is 3.86. The minimum atomic E-state index is 0.505. The van der Waals surface area contributed by atoms with Crippen molar-refractivity contribution in [3.63, 3.8) is 0 Å². The number of nitrogens with one attached hydrogen (secondary N) is 1. The second-order valence-electron chi connectivity index (χ2n) is 4.29. The molecule has 19 heavy (non-hydrogen) atoms. The third-order valence-corrected chi connectivity index (χ3v) is 2.92. The number of hydrogen-bond acceptors (Lipinski definition) is 4. The molecule has 1 N–H and O–H groups in total. The number of benzene rings is 1. The fraction of sp³-hybridized carbons (Fsp3) is 0.385. The first-order valence-electron chi connectivity index (χ1n) is 6.11. The topological polar surface area (TPSA) is 52.0 Å². The molecule has 0 aliphatic heterocycles. The van der Waals surface area contributed by atoms with Crippen molar-refractivity contribution in [2.24, 2.45) is 0 Å². The van der Waals surface area contributed by atoms with Crippen LogP contribution >= 0.6 is 11.6 Å². The van der Waals surface area contributed by atoms with Gasteiger partial charge in [-0.15, -0.1) is 5.10 Å². The van der Waals surface area contributed by atoms with Crippen molar-refractivity contribution in [1.82, 2.24) is 20.3 Å². The lowest BCUT2D eigenvalue weighted by Gasteiger charge is -2.08. The number of ether oxygens (including phenoxy) is 1. The van der Waals surface area contributed by atoms with E-state index in [1.165, 1.54) is 0 Å². The molecule has 1 aromatic carbocycles. The van der Waals surface area contributed by atoms with Crippen LogP contribution in [0.3, 0.4) is 0 Å². The molecule has 0 radical (unpaired) electrons. The van der Waals surface area contributed by atoms with Crippen LogP contribution in [0.5, 0.6) is 5.75 Å². The number of aryl methyl sites for hydroxylation is 1. The van der Waals surface area contributed by atoms with Crippen molar-refractivity contribution in [1.29, 1.82) is 0 Å². The molecule has 1 heterocycles. The van der Waals surface area contributed by atoms with Crippen LogP contribution in [0.2, 0.25) is 5.02 Å². The summed E-state index contributed by atoms with van der Waals surface area (Å²) in [4.78, 5) is 0. The lowest BCUT2D eigenvalue weighted by molar-refractivity contribution is 0.289. The van der Waals surface area contributed by atoms with Gasteiger partial charge >= 0.3 is 0 Å². The third kappa shape index (κ3) is 3.94. The zero-order valence-electron chi connectivity index (χ0n) is 11.1. The number of nitrogens with zero attached hydrogens (tertiary/aromatic N) is 3. The summed E-state index contributed by atoms with van der Waals surface area (Å²) in [7, 11) is 1.88. The molecule has 0 unspecified atom stereocenters. The van der Waals surface area contributed by atoms with Crippen LogP contribution in [-0.4, -0.2) is 28.6 Å². The molecule has 0 spiro atoms. The summed E-state index contributed by atoms with van der Waals surface area (Å²) < 4.78 is 7.41. The maximum absolute atomic E-state index is 6.06. The average molecular weight is 281 g/mol. The van der Waals surface area contributed by atoms with Gasteiger partial charge in [-0.2, -0.15) is 0 Å². The van der Waals surface area contributed by atoms with Gasteiger partial charge in [-0.1, -0.05) is 22.9 Å². The van der Waals surface area contributed by atoms with Gasteiger partial charge in [-0.25, -0.2) is 4.68 Å². The Labute approximate surface area is 117 Å². The molecular weight excluding hydrogens is 264 g/mol. The monoisotopic (exact) mass is 280 g/mol. The molecule has 0 bridgehead atoms. The third-order valence-electron chi connectivity index (χ3n) is 2.61. The molecule has 0 saturated carbocycles. The zero-order valence-corrected chi connectivity index (χ0v) is 11.8. The first-order chi connectivity index (χ1) is 9.19. The number of rotatable bonds is 6. The van der Waals surface area contributed by atoms with Gasteiger partial charge in [-0.3, -0.25) is 0 Å². The van der Waals surface area contributed by atoms with Crippen molar-refractivity contribution < 1.29 is 4.74 Å². The van der Waals surface area contributed by atoms with Gasteiger partial charge in [0, 0.05) is 12.7 Å². The molecule has 0 fully saturated rings. The molecule has 102 valence electrons. The molecule has 1 aromatic heterocycles. The normalized spacial score (nSPS) is 10.7. The smallest absolute Gasteiger partial charge is 0.138 e. The van der Waals surface area contributed by atoms with E-state index in [0.717, 1.165) is 11.3 Å². The van der Waals surface area contributed by atoms with Crippen LogP contribution in [0.1, 0.15) is 11.3 Å². The Morgan fingerprint density at radius 3 is 3.05 bits per heavy atom. The number of aromatic nitrogens is 3. The van der Waals surface area contributed by atoms with Gasteiger partial charge in [0.2, 0.25) is 0 Å². The molecule has 6 heteroatoms. The summed E-state index contributed by atoms with van der Waals surface area (Å²) in [5, 5.41) is 11.7. The van der Waals surface area contributed by atoms with E-state index in [1.54, 1.807) is 4.68 Å². The van der Waals surface area contributed by atoms with Crippen LogP contribution in [0.15, 0.2) is 24.4 Å². The Morgan fingerprint density at radius 1 is 1.42 bits per heavy atom. The highest BCUT2D eigenvalue weighted by molar-refractivity contribution is 6.32. The largest absolute Gasteiger partial charge is 0.490 e. The van der Waals surface area contributed by atoms with E-state index < -0.39 is 0 Å². The molecule has 0 amide bonds. The van der Waals surface area contributed by atoms with E-state index in [2.05, 4.69) is 15.6 Å². The summed E-state index contributed by atoms with van der Waals surface area (Å²) in [5.41, 5.74) is 2.03.